The van der Waals surface area contributed by atoms with Gasteiger partial charge in [0.25, 0.3) is 0 Å². The predicted octanol–water partition coefficient (Wildman–Crippen LogP) is 16.5. The van der Waals surface area contributed by atoms with E-state index in [9.17, 15) is 0 Å². The number of nitrogens with two attached hydrogens (primary N) is 1. The zero-order valence-corrected chi connectivity index (χ0v) is 41.7. The van der Waals surface area contributed by atoms with E-state index in [-0.39, 0.29) is 5.41 Å². The van der Waals surface area contributed by atoms with Crippen LogP contribution in [0.3, 0.4) is 0 Å². The van der Waals surface area contributed by atoms with Gasteiger partial charge in [0.1, 0.15) is 0 Å². The molecule has 2 unspecified atom stereocenters. The number of terminal acetylenes is 1. The third-order valence-corrected chi connectivity index (χ3v) is 15.2. The number of benzene rings is 5. The number of hydrogen-bond donors (Lipinski definition) is 1. The molecule has 0 saturated carbocycles. The molecule has 5 aliphatic carbocycles. The summed E-state index contributed by atoms with van der Waals surface area (Å²) < 4.78 is 0. The van der Waals surface area contributed by atoms with Gasteiger partial charge in [0, 0.05) is 57.8 Å². The molecule has 0 radical (unpaired) electrons. The van der Waals surface area contributed by atoms with Crippen LogP contribution in [-0.2, 0) is 18.4 Å². The van der Waals surface area contributed by atoms with Gasteiger partial charge in [0.05, 0.1) is 0 Å². The van der Waals surface area contributed by atoms with Crippen molar-refractivity contribution < 1.29 is 0 Å². The van der Waals surface area contributed by atoms with Crippen molar-refractivity contribution in [3.63, 3.8) is 0 Å². The minimum Gasteiger partial charge on any atom is -0.401 e. The maximum Gasteiger partial charge on any atom is 0.0499 e. The van der Waals surface area contributed by atoms with Crippen molar-refractivity contribution in [2.75, 3.05) is 9.80 Å². The molecule has 2 N–H and O–H groups in total. The number of fused-ring (bicyclic) bond motifs is 8. The number of anilines is 2. The summed E-state index contributed by atoms with van der Waals surface area (Å²) in [4.78, 5) is 4.87. The Bertz CT molecular complexity index is 3100. The molecule has 3 nitrogen and oxygen atoms in total. The van der Waals surface area contributed by atoms with Gasteiger partial charge in [-0.3, -0.25) is 0 Å². The molecule has 11 rings (SSSR count). The average molecular weight is 902 g/mol. The lowest BCUT2D eigenvalue weighted by Gasteiger charge is -2.37. The van der Waals surface area contributed by atoms with Gasteiger partial charge in [-0.15, -0.1) is 6.42 Å². The van der Waals surface area contributed by atoms with Crippen LogP contribution in [0, 0.1) is 18.3 Å². The number of para-hydroxylation sites is 1. The molecule has 1 heterocycles. The second-order valence-electron chi connectivity index (χ2n) is 19.9. The fraction of sp³-hybridized carbons (Fsp3) is 0.242. The maximum absolute atomic E-state index is 5.98. The van der Waals surface area contributed by atoms with Crippen molar-refractivity contribution in [2.45, 2.75) is 98.4 Å². The summed E-state index contributed by atoms with van der Waals surface area (Å²) in [6.07, 6.45) is 30.8. The molecule has 1 aliphatic heterocycles. The summed E-state index contributed by atoms with van der Waals surface area (Å²) >= 11 is 0. The van der Waals surface area contributed by atoms with Gasteiger partial charge >= 0.3 is 0 Å². The van der Waals surface area contributed by atoms with Gasteiger partial charge in [0.15, 0.2) is 0 Å². The van der Waals surface area contributed by atoms with Crippen molar-refractivity contribution in [3.8, 4) is 23.5 Å². The van der Waals surface area contributed by atoms with Gasteiger partial charge in [0.2, 0.25) is 0 Å². The number of rotatable bonds is 6. The molecule has 0 bridgehead atoms. The first-order valence-corrected chi connectivity index (χ1v) is 24.9. The molecular formula is C66H67N3. The Morgan fingerprint density at radius 3 is 2.22 bits per heavy atom. The Kier molecular flexibility index (Phi) is 13.7. The lowest BCUT2D eigenvalue weighted by atomic mass is 9.74. The Labute approximate surface area is 412 Å². The second kappa shape index (κ2) is 20.1. The zero-order chi connectivity index (χ0) is 48.2. The molecule has 346 valence electrons. The van der Waals surface area contributed by atoms with Gasteiger partial charge in [-0.2, -0.15) is 0 Å². The SMILES string of the molecule is C#C/C=C\C(C)=C/C.C/C(N)=C(\C)N1Cc2ccccc2-c2ccccc21.CC1=CC=C(c2ccc(N(C3=CC4C(C=C3)c3ccccc3C4(C)C)C3=CCCC4=C3c3ccccc3C4)cc2)CC1. The monoisotopic (exact) mass is 902 g/mol. The van der Waals surface area contributed by atoms with Crippen LogP contribution in [0.15, 0.2) is 216 Å². The molecule has 2 atom stereocenters. The van der Waals surface area contributed by atoms with E-state index < -0.39 is 0 Å². The Balaban J connectivity index is 0.000000181. The maximum atomic E-state index is 5.98. The quantitative estimate of drug-likeness (QED) is 0.136. The van der Waals surface area contributed by atoms with Gasteiger partial charge < -0.3 is 15.5 Å². The Hall–Kier alpha value is -7.28. The molecule has 0 fully saturated rings. The van der Waals surface area contributed by atoms with Crippen LogP contribution in [0.5, 0.6) is 0 Å². The van der Waals surface area contributed by atoms with Crippen LogP contribution in [0.2, 0.25) is 0 Å². The third kappa shape index (κ3) is 9.34. The van der Waals surface area contributed by atoms with Crippen LogP contribution in [0.1, 0.15) is 113 Å². The van der Waals surface area contributed by atoms with E-state index in [2.05, 4.69) is 201 Å². The number of allylic oxidation sites excluding steroid dienone is 16. The van der Waals surface area contributed by atoms with Crippen LogP contribution < -0.4 is 15.5 Å². The van der Waals surface area contributed by atoms with E-state index in [1.165, 1.54) is 89.6 Å². The van der Waals surface area contributed by atoms with Crippen LogP contribution in [-0.4, -0.2) is 0 Å². The van der Waals surface area contributed by atoms with E-state index >= 15 is 0 Å². The lowest BCUT2D eigenvalue weighted by Crippen LogP contribution is -2.30. The van der Waals surface area contributed by atoms with E-state index in [4.69, 9.17) is 12.2 Å². The standard InChI is InChI=1S/C41H39N.C17H18N2.C8H10/c1-27-15-17-28(18-16-27)29-19-21-32(22-20-29)42(39-14-8-10-31-25-30-9-4-5-11-34(30)40(31)39)33-23-24-36-35-12-6-7-13-37(35)41(2,3)38(36)26-33;1-12(18)13(2)19-11-14-7-3-4-8-15(14)16-9-5-6-10-17(16)19;1-4-6-7-8(3)5-2/h4-7,9,11-15,17,19-24,26,36,38H,8,10,16,18,25H2,1-3H3;3-10H,11,18H2,1-2H3;1,5-7H,2-3H3/b;13-12-;7-6-,8-5-. The minimum absolute atomic E-state index is 0.0806. The van der Waals surface area contributed by atoms with Gasteiger partial charge in [-0.05, 0) is 153 Å². The number of nitrogens with zero attached hydrogens (tertiary/aromatic N) is 2. The van der Waals surface area contributed by atoms with Crippen LogP contribution in [0.4, 0.5) is 11.4 Å². The summed E-state index contributed by atoms with van der Waals surface area (Å²) in [7, 11) is 0. The molecule has 5 aromatic carbocycles. The molecule has 69 heavy (non-hydrogen) atoms. The first kappa shape index (κ1) is 46.8. The van der Waals surface area contributed by atoms with E-state index in [0.29, 0.717) is 11.8 Å². The highest BCUT2D eigenvalue weighted by molar-refractivity contribution is 5.92. The zero-order valence-electron chi connectivity index (χ0n) is 41.7. The van der Waals surface area contributed by atoms with E-state index in [0.717, 1.165) is 50.0 Å². The number of hydrogen-bond acceptors (Lipinski definition) is 3. The second-order valence-corrected chi connectivity index (χ2v) is 19.9. The van der Waals surface area contributed by atoms with Crippen LogP contribution in [0.25, 0.3) is 22.3 Å². The van der Waals surface area contributed by atoms with E-state index in [1.54, 1.807) is 11.6 Å². The Morgan fingerprint density at radius 2 is 1.49 bits per heavy atom. The molecular weight excluding hydrogens is 835 g/mol. The molecule has 0 amide bonds. The van der Waals surface area contributed by atoms with Crippen molar-refractivity contribution >= 4 is 22.5 Å². The van der Waals surface area contributed by atoms with Crippen molar-refractivity contribution in [2.24, 2.45) is 11.7 Å². The lowest BCUT2D eigenvalue weighted by molar-refractivity contribution is 0.392. The molecule has 0 spiro atoms. The molecule has 3 heteroatoms. The molecule has 6 aliphatic rings. The smallest absolute Gasteiger partial charge is 0.0499 e. The highest BCUT2D eigenvalue weighted by atomic mass is 15.2. The summed E-state index contributed by atoms with van der Waals surface area (Å²) in [6, 6.07) is 44.6. The summed E-state index contributed by atoms with van der Waals surface area (Å²) in [5, 5.41) is 0. The predicted molar refractivity (Wildman–Crippen MR) is 295 cm³/mol. The van der Waals surface area contributed by atoms with Crippen molar-refractivity contribution in [1.29, 1.82) is 0 Å². The van der Waals surface area contributed by atoms with Gasteiger partial charge in [-0.25, -0.2) is 0 Å². The highest BCUT2D eigenvalue weighted by Gasteiger charge is 2.45. The minimum atomic E-state index is 0.0806. The fourth-order valence-electron chi connectivity index (χ4n) is 11.1. The summed E-state index contributed by atoms with van der Waals surface area (Å²) in [5.74, 6) is 3.27. The average Bonchev–Trinajstić information content (AvgIpc) is 3.88. The first-order chi connectivity index (χ1) is 33.5. The largest absolute Gasteiger partial charge is 0.401 e. The topological polar surface area (TPSA) is 32.5 Å². The molecule has 5 aromatic rings. The highest BCUT2D eigenvalue weighted by Crippen LogP contribution is 2.55. The fourth-order valence-corrected chi connectivity index (χ4v) is 11.1. The normalized spacial score (nSPS) is 19.5. The van der Waals surface area contributed by atoms with Crippen molar-refractivity contribution in [3.05, 3.63) is 249 Å². The summed E-state index contributed by atoms with van der Waals surface area (Å²) in [6.45, 7) is 16.0. The van der Waals surface area contributed by atoms with Crippen molar-refractivity contribution in [1.82, 2.24) is 0 Å². The van der Waals surface area contributed by atoms with Gasteiger partial charge in [-0.1, -0.05) is 182 Å². The first-order valence-electron chi connectivity index (χ1n) is 24.9. The summed E-state index contributed by atoms with van der Waals surface area (Å²) in [5.41, 5.74) is 31.5. The van der Waals surface area contributed by atoms with Crippen LogP contribution >= 0.6 is 0 Å². The Morgan fingerprint density at radius 1 is 0.797 bits per heavy atom. The van der Waals surface area contributed by atoms with E-state index in [1.807, 2.05) is 32.9 Å². The molecule has 0 aromatic heterocycles. The molecule has 0 saturated heterocycles. The third-order valence-electron chi connectivity index (χ3n) is 15.2.